The summed E-state index contributed by atoms with van der Waals surface area (Å²) in [6, 6.07) is 13.5. The standard InChI is InChI=1S/C20H16FN3O/c21-15-10-7-11-16-17(15)18(25)24(14-8-3-1-4-9-14)19(23-16)20(22)12-5-2-6-13-20/h1-12H,13,22H2/t20-/m1/s1. The monoisotopic (exact) mass is 333 g/mol. The Hall–Kier alpha value is -3.05. The summed E-state index contributed by atoms with van der Waals surface area (Å²) in [5, 5.41) is -0.0333. The van der Waals surface area contributed by atoms with Gasteiger partial charge >= 0.3 is 0 Å². The predicted octanol–water partition coefficient (Wildman–Crippen LogP) is 3.19. The van der Waals surface area contributed by atoms with Crippen molar-refractivity contribution in [3.05, 3.63) is 94.8 Å². The molecule has 0 radical (unpaired) electrons. The van der Waals surface area contributed by atoms with Gasteiger partial charge in [0.05, 0.1) is 16.7 Å². The molecule has 0 aliphatic heterocycles. The van der Waals surface area contributed by atoms with Gasteiger partial charge in [-0.3, -0.25) is 9.36 Å². The molecule has 0 unspecified atom stereocenters. The lowest BCUT2D eigenvalue weighted by Crippen LogP contribution is -2.42. The van der Waals surface area contributed by atoms with Crippen molar-refractivity contribution in [2.45, 2.75) is 12.0 Å². The highest BCUT2D eigenvalue weighted by Gasteiger charge is 2.31. The maximum Gasteiger partial charge on any atom is 0.269 e. The molecule has 0 bridgehead atoms. The molecule has 4 nitrogen and oxygen atoms in total. The highest BCUT2D eigenvalue weighted by molar-refractivity contribution is 5.78. The van der Waals surface area contributed by atoms with Gasteiger partial charge in [0.1, 0.15) is 17.0 Å². The van der Waals surface area contributed by atoms with Crippen LogP contribution in [0.5, 0.6) is 0 Å². The topological polar surface area (TPSA) is 60.9 Å². The van der Waals surface area contributed by atoms with Gasteiger partial charge in [0, 0.05) is 0 Å². The first kappa shape index (κ1) is 15.5. The quantitative estimate of drug-likeness (QED) is 0.783. The van der Waals surface area contributed by atoms with E-state index in [4.69, 9.17) is 5.73 Å². The SMILES string of the molecule is N[C@]1(c2nc3cccc(F)c3c(=O)n2-c2ccccc2)C=CC=CC1. The summed E-state index contributed by atoms with van der Waals surface area (Å²) in [5.41, 5.74) is 6.07. The van der Waals surface area contributed by atoms with E-state index in [1.165, 1.54) is 10.6 Å². The minimum absolute atomic E-state index is 0.0333. The normalized spacial score (nSPS) is 19.4. The van der Waals surface area contributed by atoms with Gasteiger partial charge in [0.2, 0.25) is 0 Å². The Bertz CT molecular complexity index is 1070. The summed E-state index contributed by atoms with van der Waals surface area (Å²) in [6.45, 7) is 0. The summed E-state index contributed by atoms with van der Waals surface area (Å²) in [4.78, 5) is 17.7. The zero-order valence-corrected chi connectivity index (χ0v) is 13.4. The van der Waals surface area contributed by atoms with Crippen LogP contribution in [0.25, 0.3) is 16.6 Å². The molecule has 2 N–H and O–H groups in total. The second-order valence-corrected chi connectivity index (χ2v) is 6.08. The molecule has 1 heterocycles. The van der Waals surface area contributed by atoms with E-state index in [9.17, 15) is 9.18 Å². The van der Waals surface area contributed by atoms with Crippen LogP contribution in [0.3, 0.4) is 0 Å². The molecule has 3 aromatic rings. The molecule has 1 aliphatic carbocycles. The fourth-order valence-electron chi connectivity index (χ4n) is 3.12. The molecule has 0 amide bonds. The number of hydrogen-bond donors (Lipinski definition) is 1. The van der Waals surface area contributed by atoms with Crippen LogP contribution in [0, 0.1) is 5.82 Å². The third-order valence-corrected chi connectivity index (χ3v) is 4.37. The maximum atomic E-state index is 14.3. The third-order valence-electron chi connectivity index (χ3n) is 4.37. The molecule has 124 valence electrons. The smallest absolute Gasteiger partial charge is 0.269 e. The summed E-state index contributed by atoms with van der Waals surface area (Å²) in [7, 11) is 0. The number of para-hydroxylation sites is 1. The van der Waals surface area contributed by atoms with Crippen molar-refractivity contribution in [3.8, 4) is 5.69 Å². The Morgan fingerprint density at radius 1 is 1.08 bits per heavy atom. The number of benzene rings is 2. The molecule has 5 heteroatoms. The van der Waals surface area contributed by atoms with Gasteiger partial charge in [0.25, 0.3) is 5.56 Å². The Morgan fingerprint density at radius 2 is 1.88 bits per heavy atom. The average molecular weight is 333 g/mol. The van der Waals surface area contributed by atoms with E-state index in [0.717, 1.165) is 0 Å². The van der Waals surface area contributed by atoms with Crippen LogP contribution in [0.1, 0.15) is 12.2 Å². The number of rotatable bonds is 2. The fraction of sp³-hybridized carbons (Fsp3) is 0.100. The number of aromatic nitrogens is 2. The number of allylic oxidation sites excluding steroid dienone is 2. The molecule has 2 aromatic carbocycles. The molecule has 1 atom stereocenters. The average Bonchev–Trinajstić information content (AvgIpc) is 2.63. The number of hydrogen-bond acceptors (Lipinski definition) is 3. The van der Waals surface area contributed by atoms with Gasteiger partial charge in [-0.15, -0.1) is 0 Å². The largest absolute Gasteiger partial charge is 0.315 e. The Balaban J connectivity index is 2.13. The fourth-order valence-corrected chi connectivity index (χ4v) is 3.12. The second-order valence-electron chi connectivity index (χ2n) is 6.08. The van der Waals surface area contributed by atoms with Gasteiger partial charge in [-0.05, 0) is 30.7 Å². The second kappa shape index (κ2) is 5.79. The molecule has 0 spiro atoms. The third kappa shape index (κ3) is 2.49. The van der Waals surface area contributed by atoms with Gasteiger partial charge in [-0.2, -0.15) is 0 Å². The highest BCUT2D eigenvalue weighted by atomic mass is 19.1. The van der Waals surface area contributed by atoms with Gasteiger partial charge in [-0.25, -0.2) is 9.37 Å². The zero-order chi connectivity index (χ0) is 17.4. The molecule has 1 aromatic heterocycles. The lowest BCUT2D eigenvalue weighted by Gasteiger charge is -2.29. The van der Waals surface area contributed by atoms with E-state index >= 15 is 0 Å². The van der Waals surface area contributed by atoms with Crippen LogP contribution in [-0.4, -0.2) is 9.55 Å². The number of fused-ring (bicyclic) bond motifs is 1. The number of halogens is 1. The minimum atomic E-state index is -0.940. The first-order chi connectivity index (χ1) is 12.1. The maximum absolute atomic E-state index is 14.3. The van der Waals surface area contributed by atoms with E-state index < -0.39 is 16.9 Å². The highest BCUT2D eigenvalue weighted by Crippen LogP contribution is 2.28. The molecule has 0 saturated carbocycles. The summed E-state index contributed by atoms with van der Waals surface area (Å²) in [5.74, 6) is -0.196. The summed E-state index contributed by atoms with van der Waals surface area (Å²) < 4.78 is 15.7. The number of nitrogens with two attached hydrogens (primary N) is 1. The Kier molecular flexibility index (Phi) is 3.58. The van der Waals surface area contributed by atoms with Crippen molar-refractivity contribution in [2.24, 2.45) is 5.73 Å². The molecule has 4 rings (SSSR count). The van der Waals surface area contributed by atoms with E-state index in [-0.39, 0.29) is 5.39 Å². The summed E-state index contributed by atoms with van der Waals surface area (Å²) in [6.07, 6.45) is 7.98. The van der Waals surface area contributed by atoms with Gasteiger partial charge in [0.15, 0.2) is 0 Å². The summed E-state index contributed by atoms with van der Waals surface area (Å²) >= 11 is 0. The molecular weight excluding hydrogens is 317 g/mol. The first-order valence-corrected chi connectivity index (χ1v) is 8.00. The molecule has 0 fully saturated rings. The van der Waals surface area contributed by atoms with Crippen LogP contribution in [-0.2, 0) is 5.54 Å². The van der Waals surface area contributed by atoms with E-state index in [0.29, 0.717) is 23.4 Å². The van der Waals surface area contributed by atoms with Crippen molar-refractivity contribution >= 4 is 10.9 Å². The van der Waals surface area contributed by atoms with Crippen LogP contribution >= 0.6 is 0 Å². The van der Waals surface area contributed by atoms with Crippen molar-refractivity contribution < 1.29 is 4.39 Å². The van der Waals surface area contributed by atoms with Crippen LogP contribution < -0.4 is 11.3 Å². The van der Waals surface area contributed by atoms with E-state index in [1.807, 2.05) is 42.5 Å². The molecule has 1 aliphatic rings. The van der Waals surface area contributed by atoms with Crippen LogP contribution in [0.4, 0.5) is 4.39 Å². The van der Waals surface area contributed by atoms with Gasteiger partial charge < -0.3 is 5.73 Å². The van der Waals surface area contributed by atoms with Crippen molar-refractivity contribution in [2.75, 3.05) is 0 Å². The van der Waals surface area contributed by atoms with Crippen molar-refractivity contribution in [3.63, 3.8) is 0 Å². The Labute approximate surface area is 143 Å². The zero-order valence-electron chi connectivity index (χ0n) is 13.4. The van der Waals surface area contributed by atoms with E-state index in [1.54, 1.807) is 24.3 Å². The molecule has 0 saturated heterocycles. The van der Waals surface area contributed by atoms with Crippen molar-refractivity contribution in [1.29, 1.82) is 0 Å². The predicted molar refractivity (Wildman–Crippen MR) is 96.1 cm³/mol. The van der Waals surface area contributed by atoms with Crippen LogP contribution in [0.15, 0.2) is 77.6 Å². The number of nitrogens with zero attached hydrogens (tertiary/aromatic N) is 2. The Morgan fingerprint density at radius 3 is 2.60 bits per heavy atom. The van der Waals surface area contributed by atoms with Crippen molar-refractivity contribution in [1.82, 2.24) is 9.55 Å². The minimum Gasteiger partial charge on any atom is -0.315 e. The lowest BCUT2D eigenvalue weighted by molar-refractivity contribution is 0.508. The van der Waals surface area contributed by atoms with E-state index in [2.05, 4.69) is 4.98 Å². The molecule has 25 heavy (non-hydrogen) atoms. The van der Waals surface area contributed by atoms with Gasteiger partial charge in [-0.1, -0.05) is 48.6 Å². The lowest BCUT2D eigenvalue weighted by atomic mass is 9.91. The van der Waals surface area contributed by atoms with Crippen LogP contribution in [0.2, 0.25) is 0 Å². The first-order valence-electron chi connectivity index (χ1n) is 8.00. The molecular formula is C20H16FN3O.